The first-order chi connectivity index (χ1) is 7.06. The van der Waals surface area contributed by atoms with E-state index in [0.29, 0.717) is 5.92 Å². The molecular weight excluding hydrogens is 184 g/mol. The molecule has 0 aromatic heterocycles. The summed E-state index contributed by atoms with van der Waals surface area (Å²) in [7, 11) is 0. The van der Waals surface area contributed by atoms with Crippen molar-refractivity contribution in [2.45, 2.75) is 71.3 Å². The lowest BCUT2D eigenvalue weighted by Gasteiger charge is -2.22. The van der Waals surface area contributed by atoms with Crippen LogP contribution in [-0.2, 0) is 0 Å². The lowest BCUT2D eigenvalue weighted by Crippen LogP contribution is -2.26. The van der Waals surface area contributed by atoms with Crippen molar-refractivity contribution in [2.75, 3.05) is 0 Å². The summed E-state index contributed by atoms with van der Waals surface area (Å²) < 4.78 is 0. The van der Waals surface area contributed by atoms with Gasteiger partial charge in [0.1, 0.15) is 0 Å². The molecular formula is C14H26O. The van der Waals surface area contributed by atoms with Crippen molar-refractivity contribution >= 4 is 0 Å². The van der Waals surface area contributed by atoms with Crippen molar-refractivity contribution < 1.29 is 5.11 Å². The zero-order chi connectivity index (χ0) is 11.3. The average Bonchev–Trinajstić information content (AvgIpc) is 2.97. The number of hydrogen-bond acceptors (Lipinski definition) is 1. The highest BCUT2D eigenvalue weighted by Crippen LogP contribution is 2.41. The smallest absolute Gasteiger partial charge is 0.0650 e. The van der Waals surface area contributed by atoms with Crippen molar-refractivity contribution in [2.24, 2.45) is 5.92 Å². The van der Waals surface area contributed by atoms with E-state index in [1.54, 1.807) is 0 Å². The molecule has 0 aromatic rings. The van der Waals surface area contributed by atoms with Crippen LogP contribution in [0.25, 0.3) is 0 Å². The van der Waals surface area contributed by atoms with E-state index < -0.39 is 5.60 Å². The summed E-state index contributed by atoms with van der Waals surface area (Å²) in [6.45, 7) is 6.44. The van der Waals surface area contributed by atoms with Crippen molar-refractivity contribution in [3.8, 4) is 0 Å². The second kappa shape index (κ2) is 5.69. The van der Waals surface area contributed by atoms with Gasteiger partial charge in [-0.25, -0.2) is 0 Å². The van der Waals surface area contributed by atoms with E-state index in [1.165, 1.54) is 37.7 Å². The molecule has 15 heavy (non-hydrogen) atoms. The van der Waals surface area contributed by atoms with Gasteiger partial charge in [-0.05, 0) is 58.3 Å². The summed E-state index contributed by atoms with van der Waals surface area (Å²) in [6.07, 6.45) is 10.5. The van der Waals surface area contributed by atoms with Gasteiger partial charge in [-0.2, -0.15) is 0 Å². The summed E-state index contributed by atoms with van der Waals surface area (Å²) >= 11 is 0. The van der Waals surface area contributed by atoms with E-state index in [9.17, 15) is 5.11 Å². The third-order valence-corrected chi connectivity index (χ3v) is 3.52. The standard InChI is InChI=1S/C14H26O/c1-4-5-7-12(2)8-6-11-14(3,15)13-9-10-13/h8,13,15H,4-7,9-11H2,1-3H3. The van der Waals surface area contributed by atoms with Gasteiger partial charge in [0, 0.05) is 0 Å². The first-order valence-electron chi connectivity index (χ1n) is 6.44. The Balaban J connectivity index is 2.18. The lowest BCUT2D eigenvalue weighted by atomic mass is 9.94. The molecule has 0 radical (unpaired) electrons. The third kappa shape index (κ3) is 4.83. The Morgan fingerprint density at radius 1 is 1.47 bits per heavy atom. The Bertz CT molecular complexity index is 211. The maximum atomic E-state index is 10.1. The summed E-state index contributed by atoms with van der Waals surface area (Å²) in [5.74, 6) is 0.585. The molecule has 0 heterocycles. The normalized spacial score (nSPS) is 21.5. The maximum absolute atomic E-state index is 10.1. The average molecular weight is 210 g/mol. The van der Waals surface area contributed by atoms with Crippen molar-refractivity contribution in [3.05, 3.63) is 11.6 Å². The zero-order valence-corrected chi connectivity index (χ0v) is 10.6. The number of unbranched alkanes of at least 4 members (excludes halogenated alkanes) is 1. The molecule has 1 aliphatic carbocycles. The first kappa shape index (κ1) is 12.8. The van der Waals surface area contributed by atoms with Crippen LogP contribution < -0.4 is 0 Å². The monoisotopic (exact) mass is 210 g/mol. The number of aliphatic hydroxyl groups is 1. The molecule has 1 fully saturated rings. The van der Waals surface area contributed by atoms with Crippen molar-refractivity contribution in [1.82, 2.24) is 0 Å². The molecule has 1 saturated carbocycles. The van der Waals surface area contributed by atoms with Gasteiger partial charge in [0.2, 0.25) is 0 Å². The highest BCUT2D eigenvalue weighted by Gasteiger charge is 2.38. The Labute approximate surface area is 94.6 Å². The van der Waals surface area contributed by atoms with Gasteiger partial charge in [0.25, 0.3) is 0 Å². The lowest BCUT2D eigenvalue weighted by molar-refractivity contribution is 0.0290. The predicted molar refractivity (Wildman–Crippen MR) is 65.9 cm³/mol. The molecule has 0 aliphatic heterocycles. The fraction of sp³-hybridized carbons (Fsp3) is 0.857. The number of rotatable bonds is 7. The number of hydrogen-bond donors (Lipinski definition) is 1. The summed E-state index contributed by atoms with van der Waals surface area (Å²) in [5, 5.41) is 10.1. The second-order valence-corrected chi connectivity index (χ2v) is 5.32. The highest BCUT2D eigenvalue weighted by atomic mass is 16.3. The predicted octanol–water partition coefficient (Wildman–Crippen LogP) is 4.06. The van der Waals surface area contributed by atoms with Crippen LogP contribution in [0.5, 0.6) is 0 Å². The van der Waals surface area contributed by atoms with Gasteiger partial charge in [0.05, 0.1) is 5.60 Å². The van der Waals surface area contributed by atoms with Crippen LogP contribution in [0.4, 0.5) is 0 Å². The SMILES string of the molecule is CCCCC(C)=CCCC(C)(O)C1CC1. The molecule has 1 aliphatic rings. The minimum Gasteiger partial charge on any atom is -0.390 e. The molecule has 1 nitrogen and oxygen atoms in total. The van der Waals surface area contributed by atoms with Gasteiger partial charge in [-0.3, -0.25) is 0 Å². The van der Waals surface area contributed by atoms with Crippen LogP contribution in [-0.4, -0.2) is 10.7 Å². The molecule has 0 aromatic carbocycles. The van der Waals surface area contributed by atoms with Crippen LogP contribution in [0.1, 0.15) is 65.7 Å². The van der Waals surface area contributed by atoms with E-state index in [-0.39, 0.29) is 0 Å². The third-order valence-electron chi connectivity index (χ3n) is 3.52. The Morgan fingerprint density at radius 3 is 2.67 bits per heavy atom. The quantitative estimate of drug-likeness (QED) is 0.628. The van der Waals surface area contributed by atoms with E-state index in [0.717, 1.165) is 12.8 Å². The fourth-order valence-electron chi connectivity index (χ4n) is 2.08. The van der Waals surface area contributed by atoms with E-state index in [4.69, 9.17) is 0 Å². The topological polar surface area (TPSA) is 20.2 Å². The van der Waals surface area contributed by atoms with E-state index >= 15 is 0 Å². The first-order valence-corrected chi connectivity index (χ1v) is 6.44. The van der Waals surface area contributed by atoms with Crippen LogP contribution >= 0.6 is 0 Å². The largest absolute Gasteiger partial charge is 0.390 e. The van der Waals surface area contributed by atoms with Crippen LogP contribution in [0.3, 0.4) is 0 Å². The zero-order valence-electron chi connectivity index (χ0n) is 10.6. The summed E-state index contributed by atoms with van der Waals surface area (Å²) in [6, 6.07) is 0. The maximum Gasteiger partial charge on any atom is 0.0650 e. The molecule has 1 N–H and O–H groups in total. The van der Waals surface area contributed by atoms with E-state index in [2.05, 4.69) is 19.9 Å². The Kier molecular flexibility index (Phi) is 4.85. The Morgan fingerprint density at radius 2 is 2.13 bits per heavy atom. The molecule has 1 atom stereocenters. The van der Waals surface area contributed by atoms with Crippen LogP contribution in [0.2, 0.25) is 0 Å². The molecule has 1 heteroatoms. The minimum absolute atomic E-state index is 0.401. The van der Waals surface area contributed by atoms with Gasteiger partial charge < -0.3 is 5.11 Å². The van der Waals surface area contributed by atoms with Crippen molar-refractivity contribution in [1.29, 1.82) is 0 Å². The van der Waals surface area contributed by atoms with Crippen LogP contribution in [0.15, 0.2) is 11.6 Å². The highest BCUT2D eigenvalue weighted by molar-refractivity contribution is 5.00. The summed E-state index contributed by atoms with van der Waals surface area (Å²) in [4.78, 5) is 0. The molecule has 1 unspecified atom stereocenters. The molecule has 88 valence electrons. The van der Waals surface area contributed by atoms with Crippen LogP contribution in [0, 0.1) is 5.92 Å². The Hall–Kier alpha value is -0.300. The van der Waals surface area contributed by atoms with Gasteiger partial charge in [-0.1, -0.05) is 25.0 Å². The van der Waals surface area contributed by atoms with Gasteiger partial charge >= 0.3 is 0 Å². The second-order valence-electron chi connectivity index (χ2n) is 5.32. The van der Waals surface area contributed by atoms with Gasteiger partial charge in [-0.15, -0.1) is 0 Å². The van der Waals surface area contributed by atoms with Crippen molar-refractivity contribution in [3.63, 3.8) is 0 Å². The fourth-order valence-corrected chi connectivity index (χ4v) is 2.08. The number of allylic oxidation sites excluding steroid dienone is 2. The molecule has 1 rings (SSSR count). The molecule has 0 saturated heterocycles. The minimum atomic E-state index is -0.401. The summed E-state index contributed by atoms with van der Waals surface area (Å²) in [5.41, 5.74) is 1.09. The van der Waals surface area contributed by atoms with Gasteiger partial charge in [0.15, 0.2) is 0 Å². The molecule has 0 spiro atoms. The molecule has 0 bridgehead atoms. The molecule has 0 amide bonds. The van der Waals surface area contributed by atoms with E-state index in [1.807, 2.05) is 6.92 Å².